The van der Waals surface area contributed by atoms with Crippen LogP contribution in [0.2, 0.25) is 0 Å². The summed E-state index contributed by atoms with van der Waals surface area (Å²) >= 11 is 0. The predicted octanol–water partition coefficient (Wildman–Crippen LogP) is 5.18. The standard InChI is InChI=1S/C38H71NO12S/c1-3-5-7-9-11-12-13-14-15-16-17-18-19-21-23-25-27-32(42)37(45)39-30(31(41)26-24-22-20-10-8-6-4-2)29-49-38-35(44)36(51-52(46,47)48)34(43)33(28-40)50-38/h11-12,14-15,30-36,38,40-44H,3-10,13,16-29H2,1-2H3,(H,39,45)(H,46,47,48)/b12-11-,15-14-. The maximum atomic E-state index is 13.0. The van der Waals surface area contributed by atoms with Gasteiger partial charge >= 0.3 is 10.4 Å². The van der Waals surface area contributed by atoms with Crippen LogP contribution in [0.1, 0.15) is 149 Å². The van der Waals surface area contributed by atoms with E-state index >= 15 is 0 Å². The van der Waals surface area contributed by atoms with E-state index in [9.17, 15) is 38.7 Å². The van der Waals surface area contributed by atoms with Gasteiger partial charge in [-0.2, -0.15) is 8.42 Å². The van der Waals surface area contributed by atoms with Crippen LogP contribution in [0.3, 0.4) is 0 Å². The highest BCUT2D eigenvalue weighted by atomic mass is 32.3. The Hall–Kier alpha value is -1.46. The highest BCUT2D eigenvalue weighted by Crippen LogP contribution is 2.26. The zero-order valence-corrected chi connectivity index (χ0v) is 32.5. The number of carbonyl (C=O) groups excluding carboxylic acids is 1. The van der Waals surface area contributed by atoms with Crippen molar-refractivity contribution in [3.8, 4) is 0 Å². The summed E-state index contributed by atoms with van der Waals surface area (Å²) in [5.41, 5.74) is 0. The molecule has 1 heterocycles. The summed E-state index contributed by atoms with van der Waals surface area (Å²) < 4.78 is 47.2. The number of allylic oxidation sites excluding steroid dienone is 4. The minimum atomic E-state index is -5.10. The minimum Gasteiger partial charge on any atom is -0.394 e. The van der Waals surface area contributed by atoms with Crippen molar-refractivity contribution in [2.45, 2.75) is 198 Å². The molecule has 8 unspecified atom stereocenters. The van der Waals surface area contributed by atoms with Gasteiger partial charge in [0.25, 0.3) is 0 Å². The fourth-order valence-corrected chi connectivity index (χ4v) is 6.65. The summed E-state index contributed by atoms with van der Waals surface area (Å²) in [5.74, 6) is -0.684. The summed E-state index contributed by atoms with van der Waals surface area (Å²) in [6.07, 6.45) is 18.4. The molecule has 1 fully saturated rings. The molecule has 0 radical (unpaired) electrons. The number of carbonyl (C=O) groups is 1. The number of ether oxygens (including phenoxy) is 2. The zero-order chi connectivity index (χ0) is 38.6. The van der Waals surface area contributed by atoms with Gasteiger partial charge in [-0.05, 0) is 44.9 Å². The smallest absolute Gasteiger partial charge is 0.394 e. The van der Waals surface area contributed by atoms with E-state index in [1.54, 1.807) is 0 Å². The third kappa shape index (κ3) is 22.7. The second kappa shape index (κ2) is 29.8. The maximum absolute atomic E-state index is 13.0. The largest absolute Gasteiger partial charge is 0.397 e. The SMILES string of the molecule is CCCCC/C=C\C/C=C\CCCCCCCCC(O)C(=O)NC(COC1OC(CO)C(O)C(OS(=O)(=O)O)C1O)C(O)CCCCCCCCC. The van der Waals surface area contributed by atoms with Crippen molar-refractivity contribution in [2.75, 3.05) is 13.2 Å². The molecule has 8 atom stereocenters. The molecular formula is C38H71NO12S. The Morgan fingerprint density at radius 1 is 0.769 bits per heavy atom. The van der Waals surface area contributed by atoms with Gasteiger partial charge in [0.15, 0.2) is 6.29 Å². The second-order valence-electron chi connectivity index (χ2n) is 14.0. The van der Waals surface area contributed by atoms with Gasteiger partial charge < -0.3 is 40.3 Å². The molecule has 0 aromatic rings. The molecule has 1 aliphatic heterocycles. The van der Waals surface area contributed by atoms with E-state index in [0.29, 0.717) is 19.3 Å². The summed E-state index contributed by atoms with van der Waals surface area (Å²) in [7, 11) is -5.10. The summed E-state index contributed by atoms with van der Waals surface area (Å²) in [5, 5.41) is 54.8. The van der Waals surface area contributed by atoms with E-state index in [1.807, 2.05) is 0 Å². The summed E-state index contributed by atoms with van der Waals surface area (Å²) in [6.45, 7) is 3.15. The molecule has 0 spiro atoms. The van der Waals surface area contributed by atoms with Crippen molar-refractivity contribution in [2.24, 2.45) is 0 Å². The van der Waals surface area contributed by atoms with Crippen LogP contribution >= 0.6 is 0 Å². The lowest BCUT2D eigenvalue weighted by atomic mass is 9.99. The fraction of sp³-hybridized carbons (Fsp3) is 0.868. The molecule has 1 amide bonds. The molecule has 52 heavy (non-hydrogen) atoms. The quantitative estimate of drug-likeness (QED) is 0.0268. The molecule has 0 aromatic carbocycles. The van der Waals surface area contributed by atoms with Crippen LogP contribution in [0.5, 0.6) is 0 Å². The Kier molecular flexibility index (Phi) is 27.9. The lowest BCUT2D eigenvalue weighted by Crippen LogP contribution is -2.61. The highest BCUT2D eigenvalue weighted by molar-refractivity contribution is 7.80. The average Bonchev–Trinajstić information content (AvgIpc) is 3.11. The van der Waals surface area contributed by atoms with Gasteiger partial charge in [0, 0.05) is 0 Å². The number of nitrogens with one attached hydrogen (secondary N) is 1. The van der Waals surface area contributed by atoms with E-state index in [-0.39, 0.29) is 6.42 Å². The fourth-order valence-electron chi connectivity index (χ4n) is 6.14. The number of unbranched alkanes of at least 4 members (excludes halogenated alkanes) is 15. The van der Waals surface area contributed by atoms with Crippen LogP contribution in [-0.2, 0) is 28.9 Å². The van der Waals surface area contributed by atoms with Crippen LogP contribution in [0.25, 0.3) is 0 Å². The second-order valence-corrected chi connectivity index (χ2v) is 15.1. The number of aliphatic hydroxyl groups is 5. The van der Waals surface area contributed by atoms with Gasteiger partial charge in [-0.3, -0.25) is 9.35 Å². The average molecular weight is 766 g/mol. The number of rotatable bonds is 32. The zero-order valence-electron chi connectivity index (χ0n) is 31.7. The van der Waals surface area contributed by atoms with Crippen molar-refractivity contribution in [3.63, 3.8) is 0 Å². The van der Waals surface area contributed by atoms with Gasteiger partial charge in [-0.1, -0.05) is 128 Å². The van der Waals surface area contributed by atoms with Crippen LogP contribution in [0.4, 0.5) is 0 Å². The van der Waals surface area contributed by atoms with E-state index in [0.717, 1.165) is 83.5 Å². The summed E-state index contributed by atoms with van der Waals surface area (Å²) in [4.78, 5) is 13.0. The van der Waals surface area contributed by atoms with E-state index in [1.165, 1.54) is 25.7 Å². The Morgan fingerprint density at radius 2 is 1.29 bits per heavy atom. The van der Waals surface area contributed by atoms with E-state index in [4.69, 9.17) is 14.0 Å². The lowest BCUT2D eigenvalue weighted by Gasteiger charge is -2.41. The van der Waals surface area contributed by atoms with Crippen LogP contribution < -0.4 is 5.32 Å². The molecule has 1 rings (SSSR count). The molecule has 0 aliphatic carbocycles. The maximum Gasteiger partial charge on any atom is 0.397 e. The third-order valence-corrected chi connectivity index (χ3v) is 9.84. The molecule has 1 saturated heterocycles. The van der Waals surface area contributed by atoms with Crippen molar-refractivity contribution in [1.82, 2.24) is 5.32 Å². The first-order chi connectivity index (χ1) is 24.9. The molecule has 0 aromatic heterocycles. The Bertz CT molecular complexity index is 1060. The predicted molar refractivity (Wildman–Crippen MR) is 201 cm³/mol. The third-order valence-electron chi connectivity index (χ3n) is 9.37. The van der Waals surface area contributed by atoms with Gasteiger partial charge in [0.1, 0.15) is 30.5 Å². The van der Waals surface area contributed by atoms with Gasteiger partial charge in [0.2, 0.25) is 5.91 Å². The van der Waals surface area contributed by atoms with Crippen LogP contribution in [0, 0.1) is 0 Å². The highest BCUT2D eigenvalue weighted by Gasteiger charge is 2.48. The van der Waals surface area contributed by atoms with Crippen molar-refractivity contribution < 1.29 is 57.0 Å². The first kappa shape index (κ1) is 48.6. The first-order valence-corrected chi connectivity index (χ1v) is 21.2. The topological polar surface area (TPSA) is 212 Å². The molecular weight excluding hydrogens is 694 g/mol. The van der Waals surface area contributed by atoms with Crippen LogP contribution in [-0.4, -0.2) is 107 Å². The van der Waals surface area contributed by atoms with E-state index < -0.39 is 78.5 Å². The summed E-state index contributed by atoms with van der Waals surface area (Å²) in [6, 6.07) is -1.03. The molecule has 1 aliphatic rings. The minimum absolute atomic E-state index is 0.247. The van der Waals surface area contributed by atoms with Gasteiger partial charge in [-0.25, -0.2) is 4.18 Å². The molecule has 306 valence electrons. The van der Waals surface area contributed by atoms with Crippen molar-refractivity contribution >= 4 is 16.3 Å². The molecule has 0 saturated carbocycles. The van der Waals surface area contributed by atoms with Gasteiger partial charge in [0.05, 0.1) is 25.4 Å². The molecule has 14 heteroatoms. The molecule has 7 N–H and O–H groups in total. The number of hydrogen-bond donors (Lipinski definition) is 7. The van der Waals surface area contributed by atoms with Crippen molar-refractivity contribution in [3.05, 3.63) is 24.3 Å². The monoisotopic (exact) mass is 765 g/mol. The van der Waals surface area contributed by atoms with Gasteiger partial charge in [-0.15, -0.1) is 0 Å². The Labute approximate surface area is 313 Å². The normalized spacial score (nSPS) is 23.0. The van der Waals surface area contributed by atoms with Crippen molar-refractivity contribution in [1.29, 1.82) is 0 Å². The molecule has 0 bridgehead atoms. The van der Waals surface area contributed by atoms with E-state index in [2.05, 4.69) is 47.7 Å². The Morgan fingerprint density at radius 3 is 1.87 bits per heavy atom. The number of hydrogen-bond acceptors (Lipinski definition) is 11. The Balaban J connectivity index is 2.58. The first-order valence-electron chi connectivity index (χ1n) is 19.8. The number of aliphatic hydroxyl groups excluding tert-OH is 5. The molecule has 13 nitrogen and oxygen atoms in total. The number of amides is 1. The van der Waals surface area contributed by atoms with Crippen LogP contribution in [0.15, 0.2) is 24.3 Å². The lowest BCUT2D eigenvalue weighted by molar-refractivity contribution is -0.298.